The standard InChI is InChI=1S/C22H30N2O/c1-14(2)17-10-8-11-18(15(3)4)21(17)23-16(5)19-12-9-13-20(24-19)22(6,7)25/h8-15,25H,1-7H3. The van der Waals surface area contributed by atoms with Gasteiger partial charge < -0.3 is 5.11 Å². The first kappa shape index (κ1) is 19.3. The van der Waals surface area contributed by atoms with E-state index in [1.54, 1.807) is 13.8 Å². The van der Waals surface area contributed by atoms with Crippen molar-refractivity contribution in [3.8, 4) is 0 Å². The lowest BCUT2D eigenvalue weighted by Crippen LogP contribution is -2.18. The molecule has 1 aromatic heterocycles. The highest BCUT2D eigenvalue weighted by Gasteiger charge is 2.19. The molecule has 1 heterocycles. The van der Waals surface area contributed by atoms with Crippen LogP contribution in [0, 0.1) is 0 Å². The van der Waals surface area contributed by atoms with Gasteiger partial charge in [0, 0.05) is 0 Å². The van der Waals surface area contributed by atoms with Gasteiger partial charge >= 0.3 is 0 Å². The van der Waals surface area contributed by atoms with Gasteiger partial charge in [-0.2, -0.15) is 0 Å². The summed E-state index contributed by atoms with van der Waals surface area (Å²) in [5.41, 5.74) is 4.92. The van der Waals surface area contributed by atoms with Crippen LogP contribution in [0.15, 0.2) is 41.4 Å². The smallest absolute Gasteiger partial charge is 0.101 e. The number of rotatable bonds is 5. The Kier molecular flexibility index (Phi) is 5.79. The fourth-order valence-corrected chi connectivity index (χ4v) is 2.84. The minimum Gasteiger partial charge on any atom is -0.384 e. The molecule has 0 bridgehead atoms. The first-order chi connectivity index (χ1) is 11.6. The highest BCUT2D eigenvalue weighted by molar-refractivity contribution is 5.99. The number of pyridine rings is 1. The van der Waals surface area contributed by atoms with Crippen LogP contribution in [0.25, 0.3) is 0 Å². The van der Waals surface area contributed by atoms with E-state index in [-0.39, 0.29) is 0 Å². The molecule has 0 unspecified atom stereocenters. The Morgan fingerprint density at radius 2 is 1.48 bits per heavy atom. The zero-order valence-electron chi connectivity index (χ0n) is 16.5. The van der Waals surface area contributed by atoms with Crippen LogP contribution in [0.1, 0.15) is 82.8 Å². The Morgan fingerprint density at radius 3 is 1.96 bits per heavy atom. The summed E-state index contributed by atoms with van der Waals surface area (Å²) in [7, 11) is 0. The van der Waals surface area contributed by atoms with Crippen LogP contribution >= 0.6 is 0 Å². The molecular weight excluding hydrogens is 308 g/mol. The Labute approximate surface area is 151 Å². The Balaban J connectivity index is 2.57. The fourth-order valence-electron chi connectivity index (χ4n) is 2.84. The summed E-state index contributed by atoms with van der Waals surface area (Å²) >= 11 is 0. The summed E-state index contributed by atoms with van der Waals surface area (Å²) in [6.07, 6.45) is 0. The Morgan fingerprint density at radius 1 is 0.960 bits per heavy atom. The van der Waals surface area contributed by atoms with Crippen LogP contribution in [0.5, 0.6) is 0 Å². The molecule has 0 aliphatic rings. The molecule has 3 nitrogen and oxygen atoms in total. The van der Waals surface area contributed by atoms with E-state index >= 15 is 0 Å². The molecule has 0 saturated carbocycles. The van der Waals surface area contributed by atoms with Crippen molar-refractivity contribution >= 4 is 11.4 Å². The third-order valence-corrected chi connectivity index (χ3v) is 4.37. The predicted molar refractivity (Wildman–Crippen MR) is 106 cm³/mol. The number of benzene rings is 1. The third kappa shape index (κ3) is 4.55. The van der Waals surface area contributed by atoms with E-state index in [2.05, 4.69) is 50.9 Å². The lowest BCUT2D eigenvalue weighted by atomic mass is 9.93. The van der Waals surface area contributed by atoms with E-state index in [1.807, 2.05) is 25.1 Å². The number of aliphatic imine (C=N–C) groups is 1. The Bertz CT molecular complexity index is 742. The number of hydrogen-bond acceptors (Lipinski definition) is 3. The van der Waals surface area contributed by atoms with Crippen molar-refractivity contribution in [3.05, 3.63) is 58.9 Å². The van der Waals surface area contributed by atoms with Gasteiger partial charge in [0.1, 0.15) is 5.60 Å². The molecule has 2 aromatic rings. The predicted octanol–water partition coefficient (Wildman–Crippen LogP) is 5.70. The van der Waals surface area contributed by atoms with E-state index in [0.29, 0.717) is 17.5 Å². The van der Waals surface area contributed by atoms with Crippen LogP contribution in [0.3, 0.4) is 0 Å². The molecule has 0 fully saturated rings. The molecule has 3 heteroatoms. The molecule has 1 N–H and O–H groups in total. The number of hydrogen-bond donors (Lipinski definition) is 1. The molecule has 1 aromatic carbocycles. The van der Waals surface area contributed by atoms with Gasteiger partial charge in [-0.25, -0.2) is 4.98 Å². The second-order valence-corrected chi connectivity index (χ2v) is 7.76. The topological polar surface area (TPSA) is 45.5 Å². The third-order valence-electron chi connectivity index (χ3n) is 4.37. The first-order valence-electron chi connectivity index (χ1n) is 8.99. The summed E-state index contributed by atoms with van der Waals surface area (Å²) in [4.78, 5) is 9.58. The molecule has 0 amide bonds. The molecule has 0 spiro atoms. The number of nitrogens with zero attached hydrogens (tertiary/aromatic N) is 2. The second kappa shape index (κ2) is 7.49. The van der Waals surface area contributed by atoms with Crippen LogP contribution in [0.2, 0.25) is 0 Å². The maximum Gasteiger partial charge on any atom is 0.101 e. The average molecular weight is 338 g/mol. The van der Waals surface area contributed by atoms with E-state index < -0.39 is 5.60 Å². The monoisotopic (exact) mass is 338 g/mol. The maximum absolute atomic E-state index is 10.2. The number of para-hydroxylation sites is 1. The van der Waals surface area contributed by atoms with Crippen molar-refractivity contribution in [2.75, 3.05) is 0 Å². The minimum atomic E-state index is -0.963. The van der Waals surface area contributed by atoms with Crippen LogP contribution in [-0.4, -0.2) is 15.8 Å². The van der Waals surface area contributed by atoms with Crippen molar-refractivity contribution in [2.24, 2.45) is 4.99 Å². The maximum atomic E-state index is 10.2. The van der Waals surface area contributed by atoms with Crippen molar-refractivity contribution in [3.63, 3.8) is 0 Å². The van der Waals surface area contributed by atoms with Gasteiger partial charge in [-0.3, -0.25) is 4.99 Å². The van der Waals surface area contributed by atoms with Gasteiger partial charge in [0.15, 0.2) is 0 Å². The largest absolute Gasteiger partial charge is 0.384 e. The minimum absolute atomic E-state index is 0.404. The molecule has 0 aliphatic heterocycles. The van der Waals surface area contributed by atoms with Gasteiger partial charge in [0.2, 0.25) is 0 Å². The van der Waals surface area contributed by atoms with Crippen molar-refractivity contribution in [1.29, 1.82) is 0 Å². The zero-order chi connectivity index (χ0) is 18.8. The molecule has 25 heavy (non-hydrogen) atoms. The van der Waals surface area contributed by atoms with Gasteiger partial charge in [-0.15, -0.1) is 0 Å². The molecule has 134 valence electrons. The lowest BCUT2D eigenvalue weighted by Gasteiger charge is -2.18. The van der Waals surface area contributed by atoms with Crippen LogP contribution in [-0.2, 0) is 5.60 Å². The van der Waals surface area contributed by atoms with E-state index in [9.17, 15) is 5.11 Å². The normalized spacial score (nSPS) is 13.0. The fraction of sp³-hybridized carbons (Fsp3) is 0.455. The summed E-state index contributed by atoms with van der Waals surface area (Å²) in [5.74, 6) is 0.807. The molecule has 0 aliphatic carbocycles. The van der Waals surface area contributed by atoms with E-state index in [1.165, 1.54) is 11.1 Å². The van der Waals surface area contributed by atoms with Crippen molar-refractivity contribution < 1.29 is 5.11 Å². The molecule has 0 atom stereocenters. The quantitative estimate of drug-likeness (QED) is 0.711. The highest BCUT2D eigenvalue weighted by Crippen LogP contribution is 2.35. The average Bonchev–Trinajstić information content (AvgIpc) is 2.53. The summed E-state index contributed by atoms with van der Waals surface area (Å²) in [6.45, 7) is 14.3. The van der Waals surface area contributed by atoms with Gasteiger partial charge in [0.05, 0.1) is 22.8 Å². The van der Waals surface area contributed by atoms with E-state index in [4.69, 9.17) is 4.99 Å². The van der Waals surface area contributed by atoms with E-state index in [0.717, 1.165) is 17.1 Å². The number of aromatic nitrogens is 1. The summed E-state index contributed by atoms with van der Waals surface area (Å²) in [5, 5.41) is 10.2. The summed E-state index contributed by atoms with van der Waals surface area (Å²) < 4.78 is 0. The first-order valence-corrected chi connectivity index (χ1v) is 8.99. The van der Waals surface area contributed by atoms with Crippen molar-refractivity contribution in [1.82, 2.24) is 4.98 Å². The highest BCUT2D eigenvalue weighted by atomic mass is 16.3. The summed E-state index contributed by atoms with van der Waals surface area (Å²) in [6, 6.07) is 12.1. The SMILES string of the molecule is CC(=Nc1c(C(C)C)cccc1C(C)C)c1cccc(C(C)(C)O)n1. The molecule has 2 rings (SSSR count). The number of aliphatic hydroxyl groups is 1. The van der Waals surface area contributed by atoms with Gasteiger partial charge in [0.25, 0.3) is 0 Å². The Hall–Kier alpha value is -2.00. The van der Waals surface area contributed by atoms with Gasteiger partial charge in [-0.05, 0) is 55.9 Å². The zero-order valence-corrected chi connectivity index (χ0v) is 16.5. The second-order valence-electron chi connectivity index (χ2n) is 7.76. The lowest BCUT2D eigenvalue weighted by molar-refractivity contribution is 0.0738. The van der Waals surface area contributed by atoms with Crippen LogP contribution in [0.4, 0.5) is 5.69 Å². The molecular formula is C22H30N2O. The van der Waals surface area contributed by atoms with Crippen molar-refractivity contribution in [2.45, 2.75) is 65.9 Å². The van der Waals surface area contributed by atoms with Crippen LogP contribution < -0.4 is 0 Å². The van der Waals surface area contributed by atoms with Gasteiger partial charge in [-0.1, -0.05) is 52.0 Å². The molecule has 0 radical (unpaired) electrons. The molecule has 0 saturated heterocycles.